The van der Waals surface area contributed by atoms with Gasteiger partial charge in [0, 0.05) is 11.1 Å². The van der Waals surface area contributed by atoms with Gasteiger partial charge in [0.2, 0.25) is 0 Å². The molecule has 0 atom stereocenters. The summed E-state index contributed by atoms with van der Waals surface area (Å²) in [4.78, 5) is 26.0. The molecule has 0 unspecified atom stereocenters. The van der Waals surface area contributed by atoms with Gasteiger partial charge in [-0.05, 0) is 53.7 Å². The van der Waals surface area contributed by atoms with Gasteiger partial charge in [-0.3, -0.25) is 15.0 Å². The van der Waals surface area contributed by atoms with E-state index in [4.69, 9.17) is 17.0 Å². The summed E-state index contributed by atoms with van der Waals surface area (Å²) >= 11 is 6.53. The Morgan fingerprint density at radius 3 is 2.62 bits per heavy atom. The maximum absolute atomic E-state index is 13.1. The number of thioether (sulfide) groups is 1. The molecule has 0 radical (unpaired) electrons. The lowest BCUT2D eigenvalue weighted by atomic mass is 10.0. The van der Waals surface area contributed by atoms with E-state index in [9.17, 15) is 9.59 Å². The van der Waals surface area contributed by atoms with Gasteiger partial charge in [0.15, 0.2) is 4.32 Å². The van der Waals surface area contributed by atoms with Gasteiger partial charge in [0.05, 0.1) is 11.5 Å². The van der Waals surface area contributed by atoms with Gasteiger partial charge in [-0.1, -0.05) is 73.6 Å². The maximum Gasteiger partial charge on any atom is 0.285 e. The zero-order valence-corrected chi connectivity index (χ0v) is 19.2. The van der Waals surface area contributed by atoms with Crippen molar-refractivity contribution in [3.63, 3.8) is 0 Å². The molecule has 1 N–H and O–H groups in total. The molecule has 3 aromatic rings. The molecule has 1 saturated heterocycles. The molecule has 0 spiro atoms. The van der Waals surface area contributed by atoms with Gasteiger partial charge in [-0.2, -0.15) is 5.01 Å². The number of hydrogen-bond acceptors (Lipinski definition) is 5. The third-order valence-corrected chi connectivity index (χ3v) is 6.31. The van der Waals surface area contributed by atoms with E-state index >= 15 is 0 Å². The Morgan fingerprint density at radius 2 is 1.84 bits per heavy atom. The summed E-state index contributed by atoms with van der Waals surface area (Å²) in [5.74, 6) is -0.0376. The van der Waals surface area contributed by atoms with Crippen LogP contribution in [0.15, 0.2) is 71.6 Å². The maximum atomic E-state index is 13.1. The molecule has 0 bridgehead atoms. The van der Waals surface area contributed by atoms with Crippen molar-refractivity contribution in [2.45, 2.75) is 19.8 Å². The monoisotopic (exact) mass is 462 g/mol. The van der Waals surface area contributed by atoms with E-state index in [1.807, 2.05) is 42.5 Å². The van der Waals surface area contributed by atoms with Crippen LogP contribution in [0.2, 0.25) is 0 Å². The van der Waals surface area contributed by atoms with Crippen molar-refractivity contribution >= 4 is 57.0 Å². The Labute approximate surface area is 196 Å². The Morgan fingerprint density at radius 1 is 1.09 bits per heavy atom. The normalized spacial score (nSPS) is 14.9. The molecule has 162 valence electrons. The number of ether oxygens (including phenoxy) is 1. The average molecular weight is 463 g/mol. The van der Waals surface area contributed by atoms with E-state index in [0.717, 1.165) is 51.7 Å². The van der Waals surface area contributed by atoms with E-state index < -0.39 is 5.91 Å². The van der Waals surface area contributed by atoms with Crippen LogP contribution in [-0.2, 0) is 4.79 Å². The van der Waals surface area contributed by atoms with E-state index in [2.05, 4.69) is 12.3 Å². The second kappa shape index (κ2) is 9.97. The minimum Gasteiger partial charge on any atom is -0.493 e. The van der Waals surface area contributed by atoms with Gasteiger partial charge in [0.25, 0.3) is 11.8 Å². The fourth-order valence-corrected chi connectivity index (χ4v) is 4.49. The van der Waals surface area contributed by atoms with Crippen LogP contribution < -0.4 is 10.2 Å². The lowest BCUT2D eigenvalue weighted by molar-refractivity contribution is -0.123. The SMILES string of the molecule is CCCCOc1ccc2ccccc2c1/C=C1\SC(=S)N(NC(=O)c2ccccc2)C1=O. The molecule has 0 saturated carbocycles. The van der Waals surface area contributed by atoms with Gasteiger partial charge < -0.3 is 4.74 Å². The molecule has 2 amide bonds. The topological polar surface area (TPSA) is 58.6 Å². The number of carbonyl (C=O) groups is 2. The van der Waals surface area contributed by atoms with Crippen LogP contribution in [0, 0.1) is 0 Å². The van der Waals surface area contributed by atoms with Crippen LogP contribution in [0.25, 0.3) is 16.8 Å². The summed E-state index contributed by atoms with van der Waals surface area (Å²) in [6, 6.07) is 20.6. The summed E-state index contributed by atoms with van der Waals surface area (Å²) < 4.78 is 6.30. The highest BCUT2D eigenvalue weighted by molar-refractivity contribution is 8.26. The molecule has 1 aliphatic heterocycles. The van der Waals surface area contributed by atoms with Crippen molar-refractivity contribution < 1.29 is 14.3 Å². The highest BCUT2D eigenvalue weighted by Crippen LogP contribution is 2.36. The molecule has 32 heavy (non-hydrogen) atoms. The molecule has 4 rings (SSSR count). The number of fused-ring (bicyclic) bond motifs is 1. The van der Waals surface area contributed by atoms with Gasteiger partial charge in [-0.15, -0.1) is 0 Å². The largest absolute Gasteiger partial charge is 0.493 e. The number of hydrogen-bond donors (Lipinski definition) is 1. The number of hydrazine groups is 1. The van der Waals surface area contributed by atoms with E-state index in [-0.39, 0.29) is 10.2 Å². The van der Waals surface area contributed by atoms with Crippen LogP contribution in [-0.4, -0.2) is 27.8 Å². The number of nitrogens with one attached hydrogen (secondary N) is 1. The summed E-state index contributed by atoms with van der Waals surface area (Å²) in [6.45, 7) is 2.71. The first-order chi connectivity index (χ1) is 15.6. The van der Waals surface area contributed by atoms with Gasteiger partial charge in [0.1, 0.15) is 5.75 Å². The van der Waals surface area contributed by atoms with Crippen LogP contribution in [0.3, 0.4) is 0 Å². The molecule has 3 aromatic carbocycles. The molecule has 0 aromatic heterocycles. The zero-order valence-electron chi connectivity index (χ0n) is 17.5. The third kappa shape index (κ3) is 4.69. The number of amides is 2. The predicted molar refractivity (Wildman–Crippen MR) is 133 cm³/mol. The van der Waals surface area contributed by atoms with Crippen molar-refractivity contribution in [1.29, 1.82) is 0 Å². The number of nitrogens with zero attached hydrogens (tertiary/aromatic N) is 1. The third-order valence-electron chi connectivity index (χ3n) is 5.00. The van der Waals surface area contributed by atoms with Crippen molar-refractivity contribution in [3.8, 4) is 5.75 Å². The molecule has 7 heteroatoms. The van der Waals surface area contributed by atoms with Crippen LogP contribution >= 0.6 is 24.0 Å². The lowest BCUT2D eigenvalue weighted by Gasteiger charge is -2.15. The predicted octanol–water partition coefficient (Wildman–Crippen LogP) is 5.56. The van der Waals surface area contributed by atoms with Crippen molar-refractivity contribution in [3.05, 3.63) is 82.8 Å². The zero-order chi connectivity index (χ0) is 22.5. The molecule has 1 fully saturated rings. The Hall–Kier alpha value is -3.16. The second-order valence-electron chi connectivity index (χ2n) is 7.22. The van der Waals surface area contributed by atoms with Gasteiger partial charge in [-0.25, -0.2) is 0 Å². The Balaban J connectivity index is 1.65. The summed E-state index contributed by atoms with van der Waals surface area (Å²) in [6.07, 6.45) is 3.78. The summed E-state index contributed by atoms with van der Waals surface area (Å²) in [5, 5.41) is 3.17. The van der Waals surface area contributed by atoms with E-state index in [1.54, 1.807) is 30.3 Å². The molecular formula is C25H22N2O3S2. The average Bonchev–Trinajstić information content (AvgIpc) is 3.08. The fraction of sp³-hybridized carbons (Fsp3) is 0.160. The minimum atomic E-state index is -0.392. The second-order valence-corrected chi connectivity index (χ2v) is 8.90. The molecule has 1 heterocycles. The summed E-state index contributed by atoms with van der Waals surface area (Å²) in [5.41, 5.74) is 3.89. The molecule has 1 aliphatic rings. The Kier molecular flexibility index (Phi) is 6.87. The number of thiocarbonyl (C=S) groups is 1. The van der Waals surface area contributed by atoms with Crippen molar-refractivity contribution in [1.82, 2.24) is 10.4 Å². The minimum absolute atomic E-state index is 0.277. The highest BCUT2D eigenvalue weighted by Gasteiger charge is 2.34. The van der Waals surface area contributed by atoms with Crippen molar-refractivity contribution in [2.75, 3.05) is 6.61 Å². The number of carbonyl (C=O) groups excluding carboxylic acids is 2. The number of benzene rings is 3. The van der Waals surface area contributed by atoms with Crippen LogP contribution in [0.5, 0.6) is 5.75 Å². The number of rotatable bonds is 7. The molecule has 5 nitrogen and oxygen atoms in total. The quantitative estimate of drug-likeness (QED) is 0.283. The standard InChI is InChI=1S/C25H22N2O3S2/c1-2-3-15-30-21-14-13-17-9-7-8-12-19(17)20(21)16-22-24(29)27(25(31)32-22)26-23(28)18-10-5-4-6-11-18/h4-14,16H,2-3,15H2,1H3,(H,26,28)/b22-16-. The molecule has 0 aliphatic carbocycles. The van der Waals surface area contributed by atoms with Gasteiger partial charge >= 0.3 is 0 Å². The van der Waals surface area contributed by atoms with E-state index in [0.29, 0.717) is 17.1 Å². The first kappa shape index (κ1) is 22.0. The van der Waals surface area contributed by atoms with Crippen LogP contribution in [0.1, 0.15) is 35.7 Å². The summed E-state index contributed by atoms with van der Waals surface area (Å²) in [7, 11) is 0. The first-order valence-electron chi connectivity index (χ1n) is 10.4. The Bertz CT molecular complexity index is 1210. The number of unbranched alkanes of at least 4 members (excludes halogenated alkanes) is 1. The van der Waals surface area contributed by atoms with Crippen molar-refractivity contribution in [2.24, 2.45) is 0 Å². The highest BCUT2D eigenvalue weighted by atomic mass is 32.2. The van der Waals surface area contributed by atoms with E-state index in [1.165, 1.54) is 0 Å². The smallest absolute Gasteiger partial charge is 0.285 e. The molecular weight excluding hydrogens is 440 g/mol. The van der Waals surface area contributed by atoms with Crippen LogP contribution in [0.4, 0.5) is 0 Å². The lowest BCUT2D eigenvalue weighted by Crippen LogP contribution is -2.44. The fourth-order valence-electron chi connectivity index (χ4n) is 3.33. The first-order valence-corrected chi connectivity index (χ1v) is 11.6.